The maximum atomic E-state index is 12.3. The van der Waals surface area contributed by atoms with Gasteiger partial charge in [0.1, 0.15) is 5.82 Å². The molecular formula is C14H20N4O3S. The number of aliphatic hydroxyl groups excluding tert-OH is 1. The fourth-order valence-corrected chi connectivity index (χ4v) is 4.27. The highest BCUT2D eigenvalue weighted by Gasteiger charge is 2.59. The van der Waals surface area contributed by atoms with E-state index in [1.807, 2.05) is 4.90 Å². The smallest absolute Gasteiger partial charge is 0.259 e. The molecule has 0 bridgehead atoms. The van der Waals surface area contributed by atoms with E-state index in [2.05, 4.69) is 14.7 Å². The summed E-state index contributed by atoms with van der Waals surface area (Å²) in [5, 5.41) is 9.45. The summed E-state index contributed by atoms with van der Waals surface area (Å²) in [5.41, 5.74) is 0.000777. The van der Waals surface area contributed by atoms with Gasteiger partial charge >= 0.3 is 0 Å². The van der Waals surface area contributed by atoms with Crippen molar-refractivity contribution in [3.05, 3.63) is 12.4 Å². The SMILES string of the molecule is O=S(=O)(NCC1CC1)c1cncc(N2CC3CC3(CO)C2)n1. The second-order valence-corrected chi connectivity index (χ2v) is 8.53. The molecule has 2 aliphatic carbocycles. The van der Waals surface area contributed by atoms with Crippen LogP contribution in [0.25, 0.3) is 0 Å². The van der Waals surface area contributed by atoms with E-state index in [0.29, 0.717) is 24.2 Å². The van der Waals surface area contributed by atoms with E-state index in [1.165, 1.54) is 6.20 Å². The Morgan fingerprint density at radius 3 is 2.91 bits per heavy atom. The molecule has 2 saturated carbocycles. The Bertz CT molecular complexity index is 687. The molecule has 0 amide bonds. The van der Waals surface area contributed by atoms with Crippen molar-refractivity contribution >= 4 is 15.8 Å². The molecule has 2 N–H and O–H groups in total. The van der Waals surface area contributed by atoms with Gasteiger partial charge in [-0.05, 0) is 31.1 Å². The first-order valence-electron chi connectivity index (χ1n) is 7.70. The number of rotatable bonds is 6. The number of aliphatic hydroxyl groups is 1. The summed E-state index contributed by atoms with van der Waals surface area (Å²) >= 11 is 0. The minimum Gasteiger partial charge on any atom is -0.396 e. The number of piperidine rings is 1. The molecule has 4 rings (SSSR count). The van der Waals surface area contributed by atoms with Crippen molar-refractivity contribution < 1.29 is 13.5 Å². The van der Waals surface area contributed by atoms with Crippen LogP contribution in [0.15, 0.2) is 17.4 Å². The third-order valence-electron chi connectivity index (χ3n) is 5.08. The normalized spacial score (nSPS) is 30.4. The number of aromatic nitrogens is 2. The van der Waals surface area contributed by atoms with E-state index in [9.17, 15) is 13.5 Å². The Balaban J connectivity index is 1.51. The lowest BCUT2D eigenvalue weighted by atomic mass is 10.1. The van der Waals surface area contributed by atoms with Crippen LogP contribution in [0.5, 0.6) is 0 Å². The molecule has 1 saturated heterocycles. The van der Waals surface area contributed by atoms with Gasteiger partial charge in [-0.25, -0.2) is 18.1 Å². The van der Waals surface area contributed by atoms with Crippen molar-refractivity contribution in [3.63, 3.8) is 0 Å². The van der Waals surface area contributed by atoms with Crippen LogP contribution in [-0.2, 0) is 10.0 Å². The zero-order valence-corrected chi connectivity index (χ0v) is 13.1. The van der Waals surface area contributed by atoms with Gasteiger partial charge in [-0.15, -0.1) is 0 Å². The first-order chi connectivity index (χ1) is 10.5. The van der Waals surface area contributed by atoms with Gasteiger partial charge in [-0.3, -0.25) is 4.98 Å². The van der Waals surface area contributed by atoms with Crippen molar-refractivity contribution in [2.24, 2.45) is 17.3 Å². The first kappa shape index (κ1) is 14.3. The van der Waals surface area contributed by atoms with Crippen LogP contribution in [0.3, 0.4) is 0 Å². The van der Waals surface area contributed by atoms with Crippen molar-refractivity contribution in [3.8, 4) is 0 Å². The zero-order valence-electron chi connectivity index (χ0n) is 12.3. The Morgan fingerprint density at radius 2 is 2.23 bits per heavy atom. The molecular weight excluding hydrogens is 304 g/mol. The number of fused-ring (bicyclic) bond motifs is 1. The van der Waals surface area contributed by atoms with Gasteiger partial charge in [0.05, 0.1) is 19.0 Å². The monoisotopic (exact) mass is 324 g/mol. The van der Waals surface area contributed by atoms with Gasteiger partial charge in [0.15, 0.2) is 5.03 Å². The van der Waals surface area contributed by atoms with Crippen LogP contribution in [0.4, 0.5) is 5.82 Å². The second-order valence-electron chi connectivity index (χ2n) is 6.81. The minimum absolute atomic E-state index is 0.000777. The topological polar surface area (TPSA) is 95.4 Å². The van der Waals surface area contributed by atoms with Gasteiger partial charge in [-0.2, -0.15) is 0 Å². The molecule has 7 nitrogen and oxygen atoms in total. The summed E-state index contributed by atoms with van der Waals surface area (Å²) in [7, 11) is -3.59. The molecule has 1 aromatic rings. The molecule has 2 atom stereocenters. The highest BCUT2D eigenvalue weighted by Crippen LogP contribution is 2.57. The van der Waals surface area contributed by atoms with Crippen molar-refractivity contribution in [1.29, 1.82) is 0 Å². The minimum atomic E-state index is -3.59. The van der Waals surface area contributed by atoms with Crippen LogP contribution < -0.4 is 9.62 Å². The third-order valence-corrected chi connectivity index (χ3v) is 6.37. The largest absolute Gasteiger partial charge is 0.396 e. The summed E-state index contributed by atoms with van der Waals surface area (Å²) in [6.45, 7) is 2.20. The van der Waals surface area contributed by atoms with Crippen molar-refractivity contribution in [2.45, 2.75) is 24.3 Å². The predicted octanol–water partition coefficient (Wildman–Crippen LogP) is -0.0165. The number of hydrogen-bond donors (Lipinski definition) is 2. The quantitative estimate of drug-likeness (QED) is 0.764. The summed E-state index contributed by atoms with van der Waals surface area (Å²) in [6.07, 6.45) is 6.11. The fraction of sp³-hybridized carbons (Fsp3) is 0.714. The highest BCUT2D eigenvalue weighted by atomic mass is 32.2. The summed E-state index contributed by atoms with van der Waals surface area (Å²) in [6, 6.07) is 0. The van der Waals surface area contributed by atoms with Gasteiger partial charge in [-0.1, -0.05) is 0 Å². The first-order valence-corrected chi connectivity index (χ1v) is 9.18. The lowest BCUT2D eigenvalue weighted by Crippen LogP contribution is -2.29. The predicted molar refractivity (Wildman–Crippen MR) is 79.8 cm³/mol. The maximum absolute atomic E-state index is 12.3. The number of nitrogens with one attached hydrogen (secondary N) is 1. The molecule has 1 aromatic heterocycles. The molecule has 3 fully saturated rings. The Morgan fingerprint density at radius 1 is 1.41 bits per heavy atom. The van der Waals surface area contributed by atoms with E-state index in [-0.39, 0.29) is 17.0 Å². The lowest BCUT2D eigenvalue weighted by Gasteiger charge is -2.21. The average Bonchev–Trinajstić information content (AvgIpc) is 3.44. The van der Waals surface area contributed by atoms with Gasteiger partial charge in [0.2, 0.25) is 0 Å². The van der Waals surface area contributed by atoms with Crippen LogP contribution in [-0.4, -0.2) is 49.7 Å². The van der Waals surface area contributed by atoms with E-state index in [0.717, 1.165) is 32.4 Å². The third kappa shape index (κ3) is 2.49. The van der Waals surface area contributed by atoms with Crippen LogP contribution in [0.2, 0.25) is 0 Å². The van der Waals surface area contributed by atoms with Gasteiger partial charge in [0, 0.05) is 25.0 Å². The Hall–Kier alpha value is -1.25. The summed E-state index contributed by atoms with van der Waals surface area (Å²) in [4.78, 5) is 10.3. The van der Waals surface area contributed by atoms with Crippen LogP contribution >= 0.6 is 0 Å². The molecule has 1 aliphatic heterocycles. The second kappa shape index (κ2) is 4.87. The summed E-state index contributed by atoms with van der Waals surface area (Å²) in [5.74, 6) is 1.54. The van der Waals surface area contributed by atoms with Crippen molar-refractivity contribution in [2.75, 3.05) is 31.1 Å². The number of hydrogen-bond acceptors (Lipinski definition) is 6. The van der Waals surface area contributed by atoms with Crippen LogP contribution in [0.1, 0.15) is 19.3 Å². The lowest BCUT2D eigenvalue weighted by molar-refractivity contribution is 0.216. The molecule has 3 aliphatic rings. The Kier molecular flexibility index (Phi) is 3.18. The molecule has 22 heavy (non-hydrogen) atoms. The molecule has 0 spiro atoms. The number of sulfonamides is 1. The summed E-state index contributed by atoms with van der Waals surface area (Å²) < 4.78 is 27.1. The van der Waals surface area contributed by atoms with E-state index >= 15 is 0 Å². The number of anilines is 1. The molecule has 2 unspecified atom stereocenters. The maximum Gasteiger partial charge on any atom is 0.259 e. The van der Waals surface area contributed by atoms with E-state index in [4.69, 9.17) is 0 Å². The highest BCUT2D eigenvalue weighted by molar-refractivity contribution is 7.89. The molecule has 0 radical (unpaired) electrons. The van der Waals surface area contributed by atoms with Crippen molar-refractivity contribution in [1.82, 2.24) is 14.7 Å². The fourth-order valence-electron chi connectivity index (χ4n) is 3.26. The van der Waals surface area contributed by atoms with Gasteiger partial charge in [0.25, 0.3) is 10.0 Å². The zero-order chi connectivity index (χ0) is 15.4. The molecule has 0 aromatic carbocycles. The molecule has 2 heterocycles. The van der Waals surface area contributed by atoms with Gasteiger partial charge < -0.3 is 10.0 Å². The van der Waals surface area contributed by atoms with Crippen LogP contribution in [0, 0.1) is 17.3 Å². The number of nitrogens with zero attached hydrogens (tertiary/aromatic N) is 3. The molecule has 8 heteroatoms. The molecule has 120 valence electrons. The Labute approximate surface area is 129 Å². The van der Waals surface area contributed by atoms with E-state index < -0.39 is 10.0 Å². The van der Waals surface area contributed by atoms with E-state index in [1.54, 1.807) is 6.20 Å². The standard InChI is InChI=1S/C14H20N4O3S/c19-9-14-3-11(14)7-18(8-14)12-5-15-6-13(17-12)22(20,21)16-4-10-1-2-10/h5-6,10-11,16,19H,1-4,7-9H2. The average molecular weight is 324 g/mol.